The van der Waals surface area contributed by atoms with Crippen LogP contribution in [0, 0.1) is 0 Å². The zero-order valence-corrected chi connectivity index (χ0v) is 12.1. The Balaban J connectivity index is 2.06. The van der Waals surface area contributed by atoms with Crippen LogP contribution in [0.5, 0.6) is 0 Å². The molecule has 0 radical (unpaired) electrons. The van der Waals surface area contributed by atoms with Gasteiger partial charge in [-0.05, 0) is 19.3 Å². The molecule has 17 heavy (non-hydrogen) atoms. The molecule has 1 N–H and O–H groups in total. The van der Waals surface area contributed by atoms with E-state index in [9.17, 15) is 8.42 Å². The molecule has 6 heteroatoms. The van der Waals surface area contributed by atoms with Crippen LogP contribution < -0.4 is 4.72 Å². The van der Waals surface area contributed by atoms with Crippen LogP contribution in [0.25, 0.3) is 0 Å². The Morgan fingerprint density at radius 2 is 2.06 bits per heavy atom. The quantitative estimate of drug-likeness (QED) is 0.687. The van der Waals surface area contributed by atoms with E-state index in [4.69, 9.17) is 4.74 Å². The van der Waals surface area contributed by atoms with Crippen molar-refractivity contribution in [3.05, 3.63) is 0 Å². The van der Waals surface area contributed by atoms with Crippen LogP contribution in [-0.4, -0.2) is 44.9 Å². The monoisotopic (exact) mass is 281 g/mol. The van der Waals surface area contributed by atoms with Crippen molar-refractivity contribution in [3.8, 4) is 0 Å². The summed E-state index contributed by atoms with van der Waals surface area (Å²) >= 11 is 1.85. The molecule has 0 amide bonds. The van der Waals surface area contributed by atoms with E-state index in [-0.39, 0.29) is 5.75 Å². The first-order valence-electron chi connectivity index (χ1n) is 6.31. The van der Waals surface area contributed by atoms with Crippen LogP contribution in [0.3, 0.4) is 0 Å². The van der Waals surface area contributed by atoms with E-state index in [2.05, 4.69) is 4.72 Å². The Kier molecular flexibility index (Phi) is 7.50. The minimum atomic E-state index is -3.03. The Morgan fingerprint density at radius 1 is 1.35 bits per heavy atom. The number of nitrogens with one attached hydrogen (secondary N) is 1. The Hall–Kier alpha value is 0.220. The molecule has 0 aromatic heterocycles. The maximum atomic E-state index is 11.5. The van der Waals surface area contributed by atoms with Gasteiger partial charge in [0.25, 0.3) is 0 Å². The fraction of sp³-hybridized carbons (Fsp3) is 1.00. The summed E-state index contributed by atoms with van der Waals surface area (Å²) in [7, 11) is -3.03. The lowest BCUT2D eigenvalue weighted by atomic mass is 10.2. The van der Waals surface area contributed by atoms with Gasteiger partial charge in [0.1, 0.15) is 0 Å². The minimum Gasteiger partial charge on any atom is -0.381 e. The third-order valence-electron chi connectivity index (χ3n) is 2.71. The van der Waals surface area contributed by atoms with Gasteiger partial charge in [-0.2, -0.15) is 11.8 Å². The van der Waals surface area contributed by atoms with Crippen molar-refractivity contribution in [3.63, 3.8) is 0 Å². The van der Waals surface area contributed by atoms with E-state index < -0.39 is 10.0 Å². The summed E-state index contributed by atoms with van der Waals surface area (Å²) in [6.07, 6.45) is 3.83. The first kappa shape index (κ1) is 15.3. The highest BCUT2D eigenvalue weighted by molar-refractivity contribution is 8.00. The standard InChI is InChI=1S/C11H23NO3S2/c1-2-3-10-17(13,14)12-6-9-16-11-4-7-15-8-5-11/h11-12H,2-10H2,1H3. The number of rotatable bonds is 8. The van der Waals surface area contributed by atoms with Crippen molar-refractivity contribution in [1.82, 2.24) is 4.72 Å². The van der Waals surface area contributed by atoms with Gasteiger partial charge in [0.15, 0.2) is 0 Å². The van der Waals surface area contributed by atoms with E-state index in [1.54, 1.807) is 0 Å². The molecular weight excluding hydrogens is 258 g/mol. The third-order valence-corrected chi connectivity index (χ3v) is 5.57. The van der Waals surface area contributed by atoms with Crippen LogP contribution >= 0.6 is 11.8 Å². The lowest BCUT2D eigenvalue weighted by Crippen LogP contribution is -2.29. The highest BCUT2D eigenvalue weighted by Gasteiger charge is 2.14. The summed E-state index contributed by atoms with van der Waals surface area (Å²) in [5.41, 5.74) is 0. The second-order valence-corrected chi connectivity index (χ2v) is 7.58. The van der Waals surface area contributed by atoms with Crippen LogP contribution in [0.4, 0.5) is 0 Å². The number of hydrogen-bond donors (Lipinski definition) is 1. The highest BCUT2D eigenvalue weighted by atomic mass is 32.2. The van der Waals surface area contributed by atoms with Gasteiger partial charge in [-0.3, -0.25) is 0 Å². The van der Waals surface area contributed by atoms with Gasteiger partial charge in [-0.1, -0.05) is 13.3 Å². The van der Waals surface area contributed by atoms with Crippen molar-refractivity contribution in [2.75, 3.05) is 31.3 Å². The molecule has 0 atom stereocenters. The molecule has 1 rings (SSSR count). The molecule has 0 spiro atoms. The van der Waals surface area contributed by atoms with Gasteiger partial charge in [0.05, 0.1) is 5.75 Å². The van der Waals surface area contributed by atoms with Crippen LogP contribution in [0.15, 0.2) is 0 Å². The SMILES string of the molecule is CCCCS(=O)(=O)NCCSC1CCOCC1. The molecule has 1 aliphatic heterocycles. The Bertz CT molecular complexity index is 287. The molecule has 0 aromatic rings. The maximum Gasteiger partial charge on any atom is 0.211 e. The molecule has 0 bridgehead atoms. The lowest BCUT2D eigenvalue weighted by Gasteiger charge is -2.21. The highest BCUT2D eigenvalue weighted by Crippen LogP contribution is 2.21. The van der Waals surface area contributed by atoms with E-state index in [1.807, 2.05) is 18.7 Å². The zero-order valence-electron chi connectivity index (χ0n) is 10.5. The van der Waals surface area contributed by atoms with Crippen LogP contribution in [0.1, 0.15) is 32.6 Å². The molecule has 1 saturated heterocycles. The summed E-state index contributed by atoms with van der Waals surface area (Å²) < 4.78 is 30.9. The second kappa shape index (κ2) is 8.34. The normalized spacial score (nSPS) is 18.4. The van der Waals surface area contributed by atoms with Crippen molar-refractivity contribution >= 4 is 21.8 Å². The third kappa shape index (κ3) is 7.28. The molecule has 0 unspecified atom stereocenters. The van der Waals surface area contributed by atoms with Crippen LogP contribution in [0.2, 0.25) is 0 Å². The molecule has 4 nitrogen and oxygen atoms in total. The first-order valence-corrected chi connectivity index (χ1v) is 9.01. The number of unbranched alkanes of at least 4 members (excludes halogenated alkanes) is 1. The summed E-state index contributed by atoms with van der Waals surface area (Å²) in [6.45, 7) is 4.24. The molecule has 102 valence electrons. The molecule has 0 aromatic carbocycles. The molecular formula is C11H23NO3S2. The fourth-order valence-corrected chi connectivity index (χ4v) is 4.11. The number of ether oxygens (including phenoxy) is 1. The summed E-state index contributed by atoms with van der Waals surface area (Å²) in [4.78, 5) is 0. The van der Waals surface area contributed by atoms with Crippen molar-refractivity contribution in [2.45, 2.75) is 37.9 Å². The number of thioether (sulfide) groups is 1. The number of hydrogen-bond acceptors (Lipinski definition) is 4. The Labute approximate surface area is 109 Å². The van der Waals surface area contributed by atoms with Gasteiger partial charge >= 0.3 is 0 Å². The van der Waals surface area contributed by atoms with Gasteiger partial charge in [0, 0.05) is 30.8 Å². The second-order valence-electron chi connectivity index (χ2n) is 4.25. The van der Waals surface area contributed by atoms with Crippen molar-refractivity contribution in [1.29, 1.82) is 0 Å². The van der Waals surface area contributed by atoms with E-state index in [0.717, 1.165) is 44.6 Å². The topological polar surface area (TPSA) is 55.4 Å². The summed E-state index contributed by atoms with van der Waals surface area (Å²) in [6, 6.07) is 0. The molecule has 1 aliphatic rings. The van der Waals surface area contributed by atoms with Crippen LogP contribution in [-0.2, 0) is 14.8 Å². The smallest absolute Gasteiger partial charge is 0.211 e. The van der Waals surface area contributed by atoms with E-state index in [0.29, 0.717) is 11.8 Å². The van der Waals surface area contributed by atoms with Gasteiger partial charge in [-0.15, -0.1) is 0 Å². The average Bonchev–Trinajstić information content (AvgIpc) is 2.34. The molecule has 1 heterocycles. The molecule has 1 fully saturated rings. The van der Waals surface area contributed by atoms with Crippen molar-refractivity contribution in [2.24, 2.45) is 0 Å². The largest absolute Gasteiger partial charge is 0.381 e. The predicted octanol–water partition coefficient (Wildman–Crippen LogP) is 1.62. The summed E-state index contributed by atoms with van der Waals surface area (Å²) in [5.74, 6) is 1.11. The average molecular weight is 281 g/mol. The van der Waals surface area contributed by atoms with Gasteiger partial charge in [0.2, 0.25) is 10.0 Å². The van der Waals surface area contributed by atoms with Crippen molar-refractivity contribution < 1.29 is 13.2 Å². The Morgan fingerprint density at radius 3 is 2.71 bits per heavy atom. The maximum absolute atomic E-state index is 11.5. The summed E-state index contributed by atoms with van der Waals surface area (Å²) in [5, 5.41) is 0.642. The molecule has 0 aliphatic carbocycles. The molecule has 0 saturated carbocycles. The zero-order chi connectivity index (χ0) is 12.6. The van der Waals surface area contributed by atoms with E-state index >= 15 is 0 Å². The lowest BCUT2D eigenvalue weighted by molar-refractivity contribution is 0.100. The minimum absolute atomic E-state index is 0.255. The number of sulfonamides is 1. The van der Waals surface area contributed by atoms with Gasteiger partial charge < -0.3 is 4.74 Å². The predicted molar refractivity (Wildman–Crippen MR) is 73.0 cm³/mol. The van der Waals surface area contributed by atoms with Gasteiger partial charge in [-0.25, -0.2) is 13.1 Å². The van der Waals surface area contributed by atoms with E-state index in [1.165, 1.54) is 0 Å². The first-order chi connectivity index (χ1) is 8.14. The fourth-order valence-electron chi connectivity index (χ4n) is 1.67.